The first-order valence-corrected chi connectivity index (χ1v) is 10.4. The van der Waals surface area contributed by atoms with Crippen molar-refractivity contribution in [3.8, 4) is 0 Å². The molecule has 2 nitrogen and oxygen atoms in total. The van der Waals surface area contributed by atoms with Crippen LogP contribution in [-0.4, -0.2) is 24.0 Å². The Bertz CT molecular complexity index is 116. The van der Waals surface area contributed by atoms with E-state index < -0.39 is 17.4 Å². The van der Waals surface area contributed by atoms with Crippen LogP contribution in [0.5, 0.6) is 0 Å². The van der Waals surface area contributed by atoms with Gasteiger partial charge in [-0.15, -0.1) is 0 Å². The first kappa shape index (κ1) is 12.4. The van der Waals surface area contributed by atoms with Gasteiger partial charge in [0.25, 0.3) is 0 Å². The average molecular weight is 205 g/mol. The molecule has 0 aliphatic rings. The predicted molar refractivity (Wildman–Crippen MR) is 58.0 cm³/mol. The van der Waals surface area contributed by atoms with Crippen molar-refractivity contribution in [2.24, 2.45) is 0 Å². The molecule has 73 valence electrons. The van der Waals surface area contributed by atoms with Gasteiger partial charge in [-0.2, -0.15) is 0 Å². The molecule has 0 saturated carbocycles. The van der Waals surface area contributed by atoms with Gasteiger partial charge in [-0.25, -0.2) is 0 Å². The predicted octanol–water partition coefficient (Wildman–Crippen LogP) is 2.32. The van der Waals surface area contributed by atoms with Crippen LogP contribution in [0.3, 0.4) is 0 Å². The summed E-state index contributed by atoms with van der Waals surface area (Å²) in [6, 6.07) is 0. The van der Waals surface area contributed by atoms with Gasteiger partial charge >= 0.3 is 0 Å². The van der Waals surface area contributed by atoms with Gasteiger partial charge in [0.05, 0.1) is 0 Å². The normalized spacial score (nSPS) is 12.5. The van der Waals surface area contributed by atoms with Crippen molar-refractivity contribution in [3.05, 3.63) is 6.23 Å². The second-order valence-electron chi connectivity index (χ2n) is 3.76. The van der Waals surface area contributed by atoms with Crippen LogP contribution in [-0.2, 0) is 8.85 Å². The fourth-order valence-corrected chi connectivity index (χ4v) is 6.61. The summed E-state index contributed by atoms with van der Waals surface area (Å²) in [6.07, 6.45) is 3.02. The first-order valence-electron chi connectivity index (χ1n) is 4.61. The van der Waals surface area contributed by atoms with Crippen LogP contribution in [0.1, 0.15) is 13.3 Å². The average Bonchev–Trinajstić information content (AvgIpc) is 1.84. The number of ether oxygens (including phenoxy) is 1. The highest BCUT2D eigenvalue weighted by Crippen LogP contribution is 2.10. The van der Waals surface area contributed by atoms with Crippen LogP contribution >= 0.6 is 0 Å². The zero-order chi connectivity index (χ0) is 9.61. The third kappa shape index (κ3) is 7.03. The molecular weight excluding hydrogens is 184 g/mol. The molecule has 12 heavy (non-hydrogen) atoms. The Kier molecular flexibility index (Phi) is 6.08. The van der Waals surface area contributed by atoms with E-state index in [-0.39, 0.29) is 0 Å². The fraction of sp³-hybridized carbons (Fsp3) is 0.875. The number of hydrogen-bond acceptors (Lipinski definition) is 2. The van der Waals surface area contributed by atoms with Crippen LogP contribution < -0.4 is 0 Å². The summed E-state index contributed by atoms with van der Waals surface area (Å²) < 4.78 is 11.3. The van der Waals surface area contributed by atoms with Crippen molar-refractivity contribution >= 4 is 17.4 Å². The summed E-state index contributed by atoms with van der Waals surface area (Å²) in [6.45, 7) is 11.7. The van der Waals surface area contributed by atoms with Gasteiger partial charge in [0.15, 0.2) is 9.04 Å². The monoisotopic (exact) mass is 205 g/mol. The molecule has 0 aromatic carbocycles. The first-order chi connectivity index (χ1) is 5.48. The molecular formula is C8H21O2Si2. The van der Waals surface area contributed by atoms with E-state index in [2.05, 4.69) is 33.1 Å². The number of rotatable bonds is 6. The molecule has 0 atom stereocenters. The standard InChI is InChI=1S/C8H21O2Si2/c1-6-7-9-8-12(4,5)10-11(2)3/h8,11H,6-7H2,1-5H3. The van der Waals surface area contributed by atoms with Crippen molar-refractivity contribution in [1.29, 1.82) is 0 Å². The van der Waals surface area contributed by atoms with Crippen molar-refractivity contribution in [1.82, 2.24) is 0 Å². The van der Waals surface area contributed by atoms with E-state index in [0.29, 0.717) is 0 Å². The molecule has 0 aliphatic heterocycles. The lowest BCUT2D eigenvalue weighted by atomic mass is 10.5. The summed E-state index contributed by atoms with van der Waals surface area (Å²) in [5.41, 5.74) is 0. The van der Waals surface area contributed by atoms with Gasteiger partial charge < -0.3 is 8.85 Å². The maximum Gasteiger partial charge on any atom is 0.205 e. The highest BCUT2D eigenvalue weighted by molar-refractivity contribution is 6.80. The van der Waals surface area contributed by atoms with E-state index in [9.17, 15) is 0 Å². The van der Waals surface area contributed by atoms with Crippen molar-refractivity contribution in [2.75, 3.05) is 6.61 Å². The van der Waals surface area contributed by atoms with E-state index in [1.807, 2.05) is 6.23 Å². The summed E-state index contributed by atoms with van der Waals surface area (Å²) in [7, 11) is -2.49. The zero-order valence-electron chi connectivity index (χ0n) is 8.89. The molecule has 4 heteroatoms. The lowest BCUT2D eigenvalue weighted by molar-refractivity contribution is 0.216. The van der Waals surface area contributed by atoms with E-state index in [4.69, 9.17) is 8.85 Å². The number of hydrogen-bond donors (Lipinski definition) is 0. The topological polar surface area (TPSA) is 18.5 Å². The molecule has 1 radical (unpaired) electrons. The Morgan fingerprint density at radius 2 is 1.92 bits per heavy atom. The Morgan fingerprint density at radius 1 is 1.33 bits per heavy atom. The summed E-state index contributed by atoms with van der Waals surface area (Å²) >= 11 is 0. The van der Waals surface area contributed by atoms with Gasteiger partial charge in [-0.05, 0) is 32.6 Å². The van der Waals surface area contributed by atoms with Gasteiger partial charge in [0.2, 0.25) is 8.32 Å². The molecule has 0 unspecified atom stereocenters. The molecule has 0 amide bonds. The summed E-state index contributed by atoms with van der Waals surface area (Å²) in [5.74, 6) is 0. The third-order valence-electron chi connectivity index (χ3n) is 1.23. The molecule has 0 heterocycles. The van der Waals surface area contributed by atoms with Gasteiger partial charge in [-0.3, -0.25) is 0 Å². The Morgan fingerprint density at radius 3 is 2.33 bits per heavy atom. The van der Waals surface area contributed by atoms with E-state index in [0.717, 1.165) is 13.0 Å². The quantitative estimate of drug-likeness (QED) is 0.489. The Hall–Kier alpha value is 0.354. The minimum Gasteiger partial charge on any atom is -0.457 e. The van der Waals surface area contributed by atoms with Crippen LogP contribution in [0.2, 0.25) is 26.2 Å². The zero-order valence-corrected chi connectivity index (χ0v) is 11.0. The minimum atomic E-state index is -1.59. The van der Waals surface area contributed by atoms with Crippen LogP contribution in [0, 0.1) is 6.23 Å². The van der Waals surface area contributed by atoms with Crippen molar-refractivity contribution < 1.29 is 8.85 Å². The maximum atomic E-state index is 5.88. The van der Waals surface area contributed by atoms with Crippen LogP contribution in [0.15, 0.2) is 0 Å². The van der Waals surface area contributed by atoms with Gasteiger partial charge in [0.1, 0.15) is 6.23 Å². The van der Waals surface area contributed by atoms with Gasteiger partial charge in [0, 0.05) is 6.61 Å². The van der Waals surface area contributed by atoms with E-state index >= 15 is 0 Å². The highest BCUT2D eigenvalue weighted by atomic mass is 28.4. The highest BCUT2D eigenvalue weighted by Gasteiger charge is 2.24. The molecule has 0 fully saturated rings. The second-order valence-corrected chi connectivity index (χ2v) is 10.2. The Balaban J connectivity index is 3.56. The molecule has 0 rings (SSSR count). The molecule has 0 saturated heterocycles. The van der Waals surface area contributed by atoms with Crippen molar-refractivity contribution in [2.45, 2.75) is 39.5 Å². The van der Waals surface area contributed by atoms with Crippen LogP contribution in [0.4, 0.5) is 0 Å². The van der Waals surface area contributed by atoms with E-state index in [1.165, 1.54) is 0 Å². The summed E-state index contributed by atoms with van der Waals surface area (Å²) in [4.78, 5) is 0. The largest absolute Gasteiger partial charge is 0.457 e. The smallest absolute Gasteiger partial charge is 0.205 e. The minimum absolute atomic E-state index is 0.819. The second kappa shape index (κ2) is 5.91. The summed E-state index contributed by atoms with van der Waals surface area (Å²) in [5, 5.41) is 0. The fourth-order valence-electron chi connectivity index (χ4n) is 1.01. The van der Waals surface area contributed by atoms with Gasteiger partial charge in [-0.1, -0.05) is 6.92 Å². The SMILES string of the molecule is CCCO[CH][Si](C)(C)O[SiH](C)C. The molecule has 0 bridgehead atoms. The lowest BCUT2D eigenvalue weighted by Crippen LogP contribution is -2.37. The molecule has 0 N–H and O–H groups in total. The lowest BCUT2D eigenvalue weighted by Gasteiger charge is -2.24. The Labute approximate surface area is 79.1 Å². The maximum absolute atomic E-state index is 5.88. The molecule has 0 aromatic rings. The third-order valence-corrected chi connectivity index (χ3v) is 6.28. The molecule has 0 aliphatic carbocycles. The molecule has 0 spiro atoms. The molecule has 0 aromatic heterocycles. The van der Waals surface area contributed by atoms with E-state index in [1.54, 1.807) is 0 Å². The van der Waals surface area contributed by atoms with Crippen molar-refractivity contribution in [3.63, 3.8) is 0 Å². The van der Waals surface area contributed by atoms with Crippen LogP contribution in [0.25, 0.3) is 0 Å².